The second kappa shape index (κ2) is 6.72. The number of aromatic nitrogens is 1. The minimum atomic E-state index is -3.02. The molecule has 2 rings (SSSR count). The molecule has 0 unspecified atom stereocenters. The first kappa shape index (κ1) is 12.1. The van der Waals surface area contributed by atoms with Gasteiger partial charge in [-0.25, -0.2) is 4.57 Å². The molecule has 1 aromatic heterocycles. The highest BCUT2D eigenvalue weighted by Gasteiger charge is 2.28. The smallest absolute Gasteiger partial charge is 0.201 e. The molecule has 0 amide bonds. The van der Waals surface area contributed by atoms with E-state index in [0.717, 1.165) is 16.7 Å². The average molecular weight is 362 g/mol. The molecule has 0 fully saturated rings. The fraction of sp³-hybridized carbons (Fsp3) is 0.522. The Hall–Kier alpha value is -1.41. The number of hydrogen-bond acceptors (Lipinski definition) is 0. The van der Waals surface area contributed by atoms with Gasteiger partial charge in [-0.05, 0) is 41.0 Å². The molecule has 1 heterocycles. The van der Waals surface area contributed by atoms with Crippen LogP contribution in [-0.4, -0.2) is 8.07 Å². The molecule has 0 radical (unpaired) electrons. The monoisotopic (exact) mass is 361 g/mol. The maximum atomic E-state index is 8.90. The van der Waals surface area contributed by atoms with Crippen molar-refractivity contribution in [3.05, 3.63) is 47.2 Å². The largest absolute Gasteiger partial charge is 0.212 e. The summed E-state index contributed by atoms with van der Waals surface area (Å²) in [6.45, 7) is 8.43. The minimum Gasteiger partial charge on any atom is -0.201 e. The standard InChI is InChI=1S/C23H36NSi/c1-16(2)19-14-21(24(7)15-22(19)25(8,9)10)20-13-18(23(4,5)6)12-11-17(20)3/h11-16H,1-10H3/q+1/i1D3,2D3,16D. The third-order valence-electron chi connectivity index (χ3n) is 4.73. The van der Waals surface area contributed by atoms with Crippen LogP contribution in [0.25, 0.3) is 11.3 Å². The zero-order valence-corrected chi connectivity index (χ0v) is 17.8. The van der Waals surface area contributed by atoms with Crippen LogP contribution in [0, 0.1) is 6.92 Å². The van der Waals surface area contributed by atoms with Gasteiger partial charge >= 0.3 is 0 Å². The summed E-state index contributed by atoms with van der Waals surface area (Å²) in [6.07, 6.45) is 1.85. The Labute approximate surface area is 166 Å². The molecule has 1 nitrogen and oxygen atoms in total. The van der Waals surface area contributed by atoms with E-state index in [1.807, 2.05) is 50.4 Å². The molecule has 0 saturated carbocycles. The van der Waals surface area contributed by atoms with Crippen molar-refractivity contribution in [2.45, 2.75) is 72.3 Å². The lowest BCUT2D eigenvalue weighted by Crippen LogP contribution is -2.47. The molecule has 0 aliphatic carbocycles. The quantitative estimate of drug-likeness (QED) is 0.505. The van der Waals surface area contributed by atoms with E-state index in [2.05, 4.69) is 32.9 Å². The van der Waals surface area contributed by atoms with Crippen LogP contribution in [0.2, 0.25) is 19.6 Å². The van der Waals surface area contributed by atoms with Crippen LogP contribution >= 0.6 is 0 Å². The number of nitrogens with zero attached hydrogens (tertiary/aromatic N) is 1. The van der Waals surface area contributed by atoms with Gasteiger partial charge in [-0.1, -0.05) is 66.2 Å². The van der Waals surface area contributed by atoms with E-state index in [0.29, 0.717) is 10.9 Å². The highest BCUT2D eigenvalue weighted by atomic mass is 28.3. The van der Waals surface area contributed by atoms with E-state index in [-0.39, 0.29) is 11.0 Å². The second-order valence-corrected chi connectivity index (χ2v) is 14.0. The highest BCUT2D eigenvalue weighted by molar-refractivity contribution is 6.89. The van der Waals surface area contributed by atoms with Crippen LogP contribution in [0.3, 0.4) is 0 Å². The first-order valence-corrected chi connectivity index (χ1v) is 12.3. The number of benzene rings is 1. The normalized spacial score (nSPS) is 18.3. The molecule has 25 heavy (non-hydrogen) atoms. The van der Waals surface area contributed by atoms with Crippen molar-refractivity contribution >= 4 is 13.3 Å². The van der Waals surface area contributed by atoms with E-state index in [9.17, 15) is 0 Å². The zero-order valence-electron chi connectivity index (χ0n) is 23.8. The Morgan fingerprint density at radius 2 is 1.76 bits per heavy atom. The van der Waals surface area contributed by atoms with Crippen molar-refractivity contribution in [3.63, 3.8) is 0 Å². The van der Waals surface area contributed by atoms with Crippen LogP contribution in [0.15, 0.2) is 30.5 Å². The van der Waals surface area contributed by atoms with E-state index in [4.69, 9.17) is 9.60 Å². The molecule has 2 heteroatoms. The van der Waals surface area contributed by atoms with Crippen molar-refractivity contribution in [2.75, 3.05) is 0 Å². The van der Waals surface area contributed by atoms with Crippen LogP contribution in [0.4, 0.5) is 0 Å². The molecule has 0 aliphatic heterocycles. The molecule has 0 spiro atoms. The molecule has 136 valence electrons. The Bertz CT molecular complexity index is 995. The lowest BCUT2D eigenvalue weighted by atomic mass is 9.84. The van der Waals surface area contributed by atoms with Crippen molar-refractivity contribution in [3.8, 4) is 11.3 Å². The van der Waals surface area contributed by atoms with E-state index < -0.39 is 27.7 Å². The summed E-state index contributed by atoms with van der Waals surface area (Å²) in [4.78, 5) is 0. The lowest BCUT2D eigenvalue weighted by molar-refractivity contribution is -0.659. The van der Waals surface area contributed by atoms with Gasteiger partial charge in [0, 0.05) is 26.4 Å². The molecule has 0 saturated heterocycles. The van der Waals surface area contributed by atoms with Crippen molar-refractivity contribution in [2.24, 2.45) is 7.05 Å². The Kier molecular flexibility index (Phi) is 3.24. The third-order valence-corrected chi connectivity index (χ3v) is 6.75. The SMILES string of the molecule is [2H]C([2H])([2H])C([2H])(c1cc(-c2cc(C(C)(C)C)ccc2C)[n+](C)cc1[Si](C)(C)C)C([2H])([2H])[2H]. The minimum absolute atomic E-state index is 0.0846. The number of aryl methyl sites for hydroxylation is 2. The van der Waals surface area contributed by atoms with Gasteiger partial charge in [-0.2, -0.15) is 0 Å². The summed E-state index contributed by atoms with van der Waals surface area (Å²) in [5.41, 5.74) is 3.73. The van der Waals surface area contributed by atoms with E-state index in [1.54, 1.807) is 6.07 Å². The third kappa shape index (κ3) is 4.23. The van der Waals surface area contributed by atoms with Crippen LogP contribution in [0.5, 0.6) is 0 Å². The number of pyridine rings is 1. The lowest BCUT2D eigenvalue weighted by Gasteiger charge is -2.23. The summed E-state index contributed by atoms with van der Waals surface area (Å²) < 4.78 is 59.2. The Morgan fingerprint density at radius 1 is 1.12 bits per heavy atom. The van der Waals surface area contributed by atoms with E-state index in [1.165, 1.54) is 0 Å². The van der Waals surface area contributed by atoms with Crippen LogP contribution < -0.4 is 9.75 Å². The van der Waals surface area contributed by atoms with Gasteiger partial charge in [0.15, 0.2) is 6.20 Å². The fourth-order valence-corrected chi connectivity index (χ4v) is 4.67. The number of rotatable bonds is 3. The summed E-state index contributed by atoms with van der Waals surface area (Å²) >= 11 is 0. The van der Waals surface area contributed by atoms with Gasteiger partial charge in [0.05, 0.1) is 8.07 Å². The van der Waals surface area contributed by atoms with Gasteiger partial charge in [0.1, 0.15) is 7.05 Å². The molecular formula is C23H36NSi+. The second-order valence-electron chi connectivity index (χ2n) is 9.00. The first-order chi connectivity index (χ1) is 14.1. The molecule has 1 aromatic carbocycles. The summed E-state index contributed by atoms with van der Waals surface area (Å²) in [6, 6.07) is 7.84. The zero-order chi connectivity index (χ0) is 25.1. The Balaban J connectivity index is 3.02. The highest BCUT2D eigenvalue weighted by Crippen LogP contribution is 2.30. The van der Waals surface area contributed by atoms with Crippen molar-refractivity contribution in [1.29, 1.82) is 0 Å². The molecule has 0 aliphatic rings. The van der Waals surface area contributed by atoms with E-state index >= 15 is 0 Å². The van der Waals surface area contributed by atoms with Crippen molar-refractivity contribution < 1.29 is 14.2 Å². The predicted octanol–water partition coefficient (Wildman–Crippen LogP) is 5.45. The fourth-order valence-electron chi connectivity index (χ4n) is 3.09. The van der Waals surface area contributed by atoms with Gasteiger partial charge < -0.3 is 0 Å². The van der Waals surface area contributed by atoms with Crippen molar-refractivity contribution in [1.82, 2.24) is 0 Å². The maximum Gasteiger partial charge on any atom is 0.212 e. The maximum absolute atomic E-state index is 8.90. The average Bonchev–Trinajstić information content (AvgIpc) is 2.57. The molecular weight excluding hydrogens is 318 g/mol. The summed E-state index contributed by atoms with van der Waals surface area (Å²) in [5, 5.41) is 0.677. The summed E-state index contributed by atoms with van der Waals surface area (Å²) in [5.74, 6) is -2.73. The van der Waals surface area contributed by atoms with Gasteiger partial charge in [-0.15, -0.1) is 0 Å². The van der Waals surface area contributed by atoms with Gasteiger partial charge in [0.25, 0.3) is 0 Å². The molecule has 0 N–H and O–H groups in total. The molecule has 0 bridgehead atoms. The van der Waals surface area contributed by atoms with Crippen LogP contribution in [0.1, 0.15) is 66.7 Å². The molecule has 0 atom stereocenters. The summed E-state index contributed by atoms with van der Waals surface area (Å²) in [7, 11) is -0.305. The number of hydrogen-bond donors (Lipinski definition) is 0. The molecule has 2 aromatic rings. The Morgan fingerprint density at radius 3 is 2.28 bits per heavy atom. The van der Waals surface area contributed by atoms with Gasteiger partial charge in [-0.3, -0.25) is 0 Å². The van der Waals surface area contributed by atoms with Crippen LogP contribution in [-0.2, 0) is 12.5 Å². The topological polar surface area (TPSA) is 3.88 Å². The first-order valence-electron chi connectivity index (χ1n) is 12.3. The predicted molar refractivity (Wildman–Crippen MR) is 114 cm³/mol. The van der Waals surface area contributed by atoms with Gasteiger partial charge in [0.2, 0.25) is 5.69 Å².